The summed E-state index contributed by atoms with van der Waals surface area (Å²) < 4.78 is 0. The van der Waals surface area contributed by atoms with Crippen molar-refractivity contribution in [1.82, 2.24) is 0 Å². The molecule has 84 valence electrons. The molecule has 15 heavy (non-hydrogen) atoms. The van der Waals surface area contributed by atoms with E-state index < -0.39 is 5.97 Å². The minimum absolute atomic E-state index is 0.126. The van der Waals surface area contributed by atoms with Gasteiger partial charge in [0.05, 0.1) is 5.92 Å². The van der Waals surface area contributed by atoms with Gasteiger partial charge < -0.3 is 5.11 Å². The van der Waals surface area contributed by atoms with Crippen LogP contribution in [0, 0.1) is 30.1 Å². The Bertz CT molecular complexity index is 252. The molecule has 2 heteroatoms. The Labute approximate surface area is 92.1 Å². The van der Waals surface area contributed by atoms with Crippen LogP contribution in [-0.2, 0) is 4.79 Å². The molecule has 0 saturated heterocycles. The molecule has 0 aliphatic heterocycles. The van der Waals surface area contributed by atoms with Crippen LogP contribution in [0.5, 0.6) is 0 Å². The predicted octanol–water partition coefficient (Wildman–Crippen LogP) is 2.93. The number of hydrogen-bond acceptors (Lipinski definition) is 1. The van der Waals surface area contributed by atoms with Crippen LogP contribution in [0.25, 0.3) is 0 Å². The second-order valence-corrected chi connectivity index (χ2v) is 4.72. The molecule has 0 heterocycles. The van der Waals surface area contributed by atoms with Crippen LogP contribution in [0.2, 0.25) is 0 Å². The smallest absolute Gasteiger partial charge is 0.306 e. The first-order valence-electron chi connectivity index (χ1n) is 5.81. The quantitative estimate of drug-likeness (QED) is 0.569. The highest BCUT2D eigenvalue weighted by atomic mass is 16.4. The number of terminal acetylenes is 1. The molecule has 1 saturated carbocycles. The fourth-order valence-electron chi connectivity index (χ4n) is 2.61. The Kier molecular flexibility index (Phi) is 4.68. The number of rotatable bonds is 4. The van der Waals surface area contributed by atoms with E-state index in [9.17, 15) is 4.79 Å². The summed E-state index contributed by atoms with van der Waals surface area (Å²) in [6.45, 7) is 2.21. The van der Waals surface area contributed by atoms with Crippen molar-refractivity contribution in [2.75, 3.05) is 0 Å². The third kappa shape index (κ3) is 3.58. The van der Waals surface area contributed by atoms with E-state index in [-0.39, 0.29) is 5.92 Å². The lowest BCUT2D eigenvalue weighted by molar-refractivity contribution is -0.145. The fourth-order valence-corrected chi connectivity index (χ4v) is 2.61. The lowest BCUT2D eigenvalue weighted by Crippen LogP contribution is -2.29. The predicted molar refractivity (Wildman–Crippen MR) is 60.3 cm³/mol. The van der Waals surface area contributed by atoms with E-state index in [2.05, 4.69) is 12.8 Å². The van der Waals surface area contributed by atoms with Crippen molar-refractivity contribution in [3.63, 3.8) is 0 Å². The van der Waals surface area contributed by atoms with Crippen LogP contribution in [0.15, 0.2) is 0 Å². The molecule has 3 unspecified atom stereocenters. The summed E-state index contributed by atoms with van der Waals surface area (Å²) in [6, 6.07) is 0. The van der Waals surface area contributed by atoms with Gasteiger partial charge in [-0.3, -0.25) is 4.79 Å². The third-order valence-electron chi connectivity index (χ3n) is 3.46. The molecule has 0 aromatic rings. The summed E-state index contributed by atoms with van der Waals surface area (Å²) in [5.74, 6) is 2.90. The SMILES string of the molecule is C#CCCCC1CC(C)CCC1C(=O)O. The second-order valence-electron chi connectivity index (χ2n) is 4.72. The van der Waals surface area contributed by atoms with Crippen LogP contribution >= 0.6 is 0 Å². The van der Waals surface area contributed by atoms with Crippen molar-refractivity contribution >= 4 is 5.97 Å². The van der Waals surface area contributed by atoms with E-state index >= 15 is 0 Å². The Morgan fingerprint density at radius 1 is 1.53 bits per heavy atom. The molecule has 1 aliphatic carbocycles. The molecule has 1 N–H and O–H groups in total. The van der Waals surface area contributed by atoms with Gasteiger partial charge in [-0.2, -0.15) is 0 Å². The summed E-state index contributed by atoms with van der Waals surface area (Å²) in [5, 5.41) is 9.11. The lowest BCUT2D eigenvalue weighted by Gasteiger charge is -2.32. The molecule has 1 rings (SSSR count). The zero-order valence-electron chi connectivity index (χ0n) is 9.41. The largest absolute Gasteiger partial charge is 0.481 e. The molecule has 0 radical (unpaired) electrons. The fraction of sp³-hybridized carbons (Fsp3) is 0.769. The molecule has 0 amide bonds. The van der Waals surface area contributed by atoms with Gasteiger partial charge >= 0.3 is 5.97 Å². The van der Waals surface area contributed by atoms with Gasteiger partial charge in [-0.1, -0.05) is 6.92 Å². The normalized spacial score (nSPS) is 30.8. The third-order valence-corrected chi connectivity index (χ3v) is 3.46. The van der Waals surface area contributed by atoms with Gasteiger partial charge in [0.1, 0.15) is 0 Å². The van der Waals surface area contributed by atoms with Gasteiger partial charge in [-0.15, -0.1) is 12.3 Å². The van der Waals surface area contributed by atoms with Crippen LogP contribution in [0.3, 0.4) is 0 Å². The summed E-state index contributed by atoms with van der Waals surface area (Å²) in [6.07, 6.45) is 10.9. The Morgan fingerprint density at radius 3 is 2.87 bits per heavy atom. The van der Waals surface area contributed by atoms with Crippen LogP contribution in [0.1, 0.15) is 45.4 Å². The zero-order valence-corrected chi connectivity index (χ0v) is 9.41. The van der Waals surface area contributed by atoms with Crippen molar-refractivity contribution in [2.24, 2.45) is 17.8 Å². The highest BCUT2D eigenvalue weighted by Gasteiger charge is 2.32. The van der Waals surface area contributed by atoms with E-state index in [0.717, 1.165) is 38.5 Å². The van der Waals surface area contributed by atoms with Crippen molar-refractivity contribution in [3.05, 3.63) is 0 Å². The van der Waals surface area contributed by atoms with Gasteiger partial charge in [0.2, 0.25) is 0 Å². The van der Waals surface area contributed by atoms with Gasteiger partial charge in [-0.05, 0) is 43.9 Å². The maximum absolute atomic E-state index is 11.1. The van der Waals surface area contributed by atoms with E-state index in [1.807, 2.05) is 0 Å². The minimum atomic E-state index is -0.618. The summed E-state index contributed by atoms with van der Waals surface area (Å²) >= 11 is 0. The lowest BCUT2D eigenvalue weighted by atomic mass is 9.72. The highest BCUT2D eigenvalue weighted by Crippen LogP contribution is 2.36. The maximum atomic E-state index is 11.1. The molecule has 2 nitrogen and oxygen atoms in total. The van der Waals surface area contributed by atoms with Crippen LogP contribution in [-0.4, -0.2) is 11.1 Å². The van der Waals surface area contributed by atoms with Crippen LogP contribution < -0.4 is 0 Å². The van der Waals surface area contributed by atoms with Gasteiger partial charge in [-0.25, -0.2) is 0 Å². The first kappa shape index (κ1) is 12.1. The highest BCUT2D eigenvalue weighted by molar-refractivity contribution is 5.70. The zero-order chi connectivity index (χ0) is 11.3. The van der Waals surface area contributed by atoms with E-state index in [1.165, 1.54) is 0 Å². The van der Waals surface area contributed by atoms with Crippen molar-refractivity contribution in [1.29, 1.82) is 0 Å². The topological polar surface area (TPSA) is 37.3 Å². The number of carboxylic acids is 1. The Morgan fingerprint density at radius 2 is 2.27 bits per heavy atom. The monoisotopic (exact) mass is 208 g/mol. The molecule has 1 fully saturated rings. The number of carbonyl (C=O) groups is 1. The number of hydrogen-bond donors (Lipinski definition) is 1. The molecule has 0 spiro atoms. The van der Waals surface area contributed by atoms with Gasteiger partial charge in [0, 0.05) is 6.42 Å². The summed E-state index contributed by atoms with van der Waals surface area (Å²) in [4.78, 5) is 11.1. The standard InChI is InChI=1S/C13H20O2/c1-3-4-5-6-11-9-10(2)7-8-12(11)13(14)15/h1,10-12H,4-9H2,2H3,(H,14,15). The average molecular weight is 208 g/mol. The Hall–Kier alpha value is -0.970. The molecular formula is C13H20O2. The number of aliphatic carboxylic acids is 1. The number of unbranched alkanes of at least 4 members (excludes halogenated alkanes) is 1. The molecule has 1 aliphatic rings. The second kappa shape index (κ2) is 5.80. The molecule has 0 aromatic heterocycles. The number of carboxylic acid groups (broad SMARTS) is 1. The molecular weight excluding hydrogens is 188 g/mol. The summed E-state index contributed by atoms with van der Waals surface area (Å²) in [7, 11) is 0. The minimum Gasteiger partial charge on any atom is -0.481 e. The maximum Gasteiger partial charge on any atom is 0.306 e. The van der Waals surface area contributed by atoms with Gasteiger partial charge in [0.25, 0.3) is 0 Å². The van der Waals surface area contributed by atoms with Crippen molar-refractivity contribution < 1.29 is 9.90 Å². The van der Waals surface area contributed by atoms with Crippen LogP contribution in [0.4, 0.5) is 0 Å². The van der Waals surface area contributed by atoms with Crippen molar-refractivity contribution in [3.8, 4) is 12.3 Å². The Balaban J connectivity index is 2.47. The summed E-state index contributed by atoms with van der Waals surface area (Å²) in [5.41, 5.74) is 0. The first-order chi connectivity index (χ1) is 7.15. The molecule has 0 aromatic carbocycles. The van der Waals surface area contributed by atoms with E-state index in [4.69, 9.17) is 11.5 Å². The van der Waals surface area contributed by atoms with Crippen molar-refractivity contribution in [2.45, 2.75) is 45.4 Å². The van der Waals surface area contributed by atoms with Gasteiger partial charge in [0.15, 0.2) is 0 Å². The van der Waals surface area contributed by atoms with E-state index in [0.29, 0.717) is 11.8 Å². The van der Waals surface area contributed by atoms with E-state index in [1.54, 1.807) is 0 Å². The molecule has 3 atom stereocenters. The molecule has 0 bridgehead atoms. The first-order valence-corrected chi connectivity index (χ1v) is 5.81. The average Bonchev–Trinajstić information content (AvgIpc) is 2.18.